The SMILES string of the molecule is O=C(O)COP(=O)(O)OCC(=O)O. The number of phosphoric ester groups is 1. The molecule has 0 fully saturated rings. The lowest BCUT2D eigenvalue weighted by atomic mass is 10.8. The number of rotatable bonds is 6. The molecule has 0 aromatic heterocycles. The molecule has 0 atom stereocenters. The van der Waals surface area contributed by atoms with E-state index in [0.29, 0.717) is 0 Å². The van der Waals surface area contributed by atoms with E-state index in [1.54, 1.807) is 0 Å². The minimum atomic E-state index is -4.56. The molecule has 0 aliphatic rings. The van der Waals surface area contributed by atoms with Crippen molar-refractivity contribution in [2.45, 2.75) is 0 Å². The van der Waals surface area contributed by atoms with E-state index in [0.717, 1.165) is 0 Å². The summed E-state index contributed by atoms with van der Waals surface area (Å²) in [5.74, 6) is -2.93. The van der Waals surface area contributed by atoms with Gasteiger partial charge in [0.25, 0.3) is 0 Å². The van der Waals surface area contributed by atoms with Crippen molar-refractivity contribution in [3.63, 3.8) is 0 Å². The summed E-state index contributed by atoms with van der Waals surface area (Å²) in [6.45, 7) is -2.07. The average molecular weight is 214 g/mol. The highest BCUT2D eigenvalue weighted by molar-refractivity contribution is 7.47. The predicted octanol–water partition coefficient (Wildman–Crippen LogP) is -0.711. The van der Waals surface area contributed by atoms with Gasteiger partial charge in [0, 0.05) is 0 Å². The zero-order chi connectivity index (χ0) is 10.5. The van der Waals surface area contributed by atoms with Crippen LogP contribution in [0.15, 0.2) is 0 Å². The van der Waals surface area contributed by atoms with Gasteiger partial charge in [0.15, 0.2) is 13.2 Å². The summed E-state index contributed by atoms with van der Waals surface area (Å²) in [4.78, 5) is 28.3. The lowest BCUT2D eigenvalue weighted by Crippen LogP contribution is -2.10. The van der Waals surface area contributed by atoms with Crippen LogP contribution >= 0.6 is 7.82 Å². The minimum absolute atomic E-state index is 1.03. The first-order valence-corrected chi connectivity index (χ1v) is 4.38. The quantitative estimate of drug-likeness (QED) is 0.494. The van der Waals surface area contributed by atoms with E-state index in [1.165, 1.54) is 0 Å². The first kappa shape index (κ1) is 12.0. The lowest BCUT2D eigenvalue weighted by Gasteiger charge is -2.08. The molecule has 13 heavy (non-hydrogen) atoms. The number of carboxylic acids is 2. The maximum absolute atomic E-state index is 10.6. The van der Waals surface area contributed by atoms with Gasteiger partial charge >= 0.3 is 19.8 Å². The molecule has 0 spiro atoms. The highest BCUT2D eigenvalue weighted by Crippen LogP contribution is 2.42. The fourth-order valence-electron chi connectivity index (χ4n) is 0.311. The number of aliphatic carboxylic acids is 2. The molecule has 0 aliphatic carbocycles. The van der Waals surface area contributed by atoms with Gasteiger partial charge in [-0.15, -0.1) is 0 Å². The third-order valence-electron chi connectivity index (χ3n) is 0.702. The second kappa shape index (κ2) is 4.93. The second-order valence-corrected chi connectivity index (χ2v) is 3.26. The molecular formula is C4H7O8P. The Kier molecular flexibility index (Phi) is 4.57. The Morgan fingerprint density at radius 2 is 1.38 bits per heavy atom. The molecule has 0 aromatic carbocycles. The van der Waals surface area contributed by atoms with Crippen molar-refractivity contribution in [2.24, 2.45) is 0 Å². The molecule has 0 bridgehead atoms. The molecular weight excluding hydrogens is 207 g/mol. The van der Waals surface area contributed by atoms with Crippen LogP contribution in [-0.2, 0) is 23.2 Å². The summed E-state index contributed by atoms with van der Waals surface area (Å²) in [6.07, 6.45) is 0. The first-order valence-electron chi connectivity index (χ1n) is 2.89. The summed E-state index contributed by atoms with van der Waals surface area (Å²) in [7, 11) is -4.56. The number of hydrogen-bond acceptors (Lipinski definition) is 5. The van der Waals surface area contributed by atoms with E-state index >= 15 is 0 Å². The minimum Gasteiger partial charge on any atom is -0.480 e. The molecule has 0 saturated carbocycles. The monoisotopic (exact) mass is 214 g/mol. The maximum atomic E-state index is 10.6. The Labute approximate surface area is 72.3 Å². The Morgan fingerprint density at radius 3 is 1.62 bits per heavy atom. The Hall–Kier alpha value is -0.950. The fourth-order valence-corrected chi connectivity index (χ4v) is 0.933. The van der Waals surface area contributed by atoms with Gasteiger partial charge in [-0.1, -0.05) is 0 Å². The topological polar surface area (TPSA) is 130 Å². The van der Waals surface area contributed by atoms with Crippen LogP contribution in [0.25, 0.3) is 0 Å². The Bertz CT molecular complexity index is 225. The van der Waals surface area contributed by atoms with Crippen molar-refractivity contribution < 1.29 is 38.3 Å². The molecule has 0 unspecified atom stereocenters. The van der Waals surface area contributed by atoms with Crippen molar-refractivity contribution >= 4 is 19.8 Å². The van der Waals surface area contributed by atoms with Crippen molar-refractivity contribution in [2.75, 3.05) is 13.2 Å². The van der Waals surface area contributed by atoms with E-state index in [1.807, 2.05) is 0 Å². The third kappa shape index (κ3) is 7.41. The fraction of sp³-hybridized carbons (Fsp3) is 0.500. The van der Waals surface area contributed by atoms with Crippen LogP contribution in [-0.4, -0.2) is 40.3 Å². The summed E-state index contributed by atoms with van der Waals surface area (Å²) in [5.41, 5.74) is 0. The molecule has 0 heterocycles. The van der Waals surface area contributed by atoms with Crippen LogP contribution in [0.4, 0.5) is 0 Å². The van der Waals surface area contributed by atoms with Gasteiger partial charge in [-0.3, -0.25) is 9.05 Å². The molecule has 0 aromatic rings. The number of phosphoric acid groups is 1. The van der Waals surface area contributed by atoms with E-state index in [9.17, 15) is 14.2 Å². The van der Waals surface area contributed by atoms with Crippen LogP contribution in [0.5, 0.6) is 0 Å². The molecule has 0 aliphatic heterocycles. The smallest absolute Gasteiger partial charge is 0.473 e. The third-order valence-corrected chi connectivity index (χ3v) is 1.61. The van der Waals surface area contributed by atoms with E-state index in [-0.39, 0.29) is 0 Å². The van der Waals surface area contributed by atoms with Crippen LogP contribution < -0.4 is 0 Å². The van der Waals surface area contributed by atoms with Gasteiger partial charge in [0.05, 0.1) is 0 Å². The Balaban J connectivity index is 3.87. The van der Waals surface area contributed by atoms with E-state index in [4.69, 9.17) is 15.1 Å². The zero-order valence-corrected chi connectivity index (χ0v) is 7.14. The standard InChI is InChI=1S/C4H7O8P/c5-3(6)1-11-13(9,10)12-2-4(7)8/h1-2H2,(H,5,6)(H,7,8)(H,9,10). The average Bonchev–Trinajstić information content (AvgIpc) is 1.98. The predicted molar refractivity (Wildman–Crippen MR) is 37.0 cm³/mol. The molecule has 0 amide bonds. The van der Waals surface area contributed by atoms with E-state index < -0.39 is 33.0 Å². The van der Waals surface area contributed by atoms with Crippen molar-refractivity contribution in [1.82, 2.24) is 0 Å². The van der Waals surface area contributed by atoms with Crippen LogP contribution in [0, 0.1) is 0 Å². The second-order valence-electron chi connectivity index (χ2n) is 1.80. The Morgan fingerprint density at radius 1 is 1.08 bits per heavy atom. The van der Waals surface area contributed by atoms with Gasteiger partial charge in [0.1, 0.15) is 0 Å². The van der Waals surface area contributed by atoms with Gasteiger partial charge in [-0.2, -0.15) is 0 Å². The van der Waals surface area contributed by atoms with Gasteiger partial charge in [-0.25, -0.2) is 14.2 Å². The molecule has 0 saturated heterocycles. The van der Waals surface area contributed by atoms with Crippen LogP contribution in [0.3, 0.4) is 0 Å². The number of carbonyl (C=O) groups is 2. The molecule has 76 valence electrons. The molecule has 3 N–H and O–H groups in total. The molecule has 9 heteroatoms. The lowest BCUT2D eigenvalue weighted by molar-refractivity contribution is -0.140. The number of hydrogen-bond donors (Lipinski definition) is 3. The molecule has 8 nitrogen and oxygen atoms in total. The van der Waals surface area contributed by atoms with Crippen LogP contribution in [0.2, 0.25) is 0 Å². The van der Waals surface area contributed by atoms with Gasteiger partial charge in [0.2, 0.25) is 0 Å². The first-order chi connectivity index (χ1) is 5.83. The van der Waals surface area contributed by atoms with Crippen molar-refractivity contribution in [3.8, 4) is 0 Å². The largest absolute Gasteiger partial charge is 0.480 e. The highest BCUT2D eigenvalue weighted by atomic mass is 31.2. The zero-order valence-electron chi connectivity index (χ0n) is 6.24. The normalized spacial score (nSPS) is 11.2. The summed E-state index contributed by atoms with van der Waals surface area (Å²) in [6, 6.07) is 0. The molecule has 0 rings (SSSR count). The summed E-state index contributed by atoms with van der Waals surface area (Å²) >= 11 is 0. The summed E-state index contributed by atoms with van der Waals surface area (Å²) in [5, 5.41) is 16.1. The number of carboxylic acid groups (broad SMARTS) is 2. The molecule has 0 radical (unpaired) electrons. The van der Waals surface area contributed by atoms with Gasteiger partial charge in [-0.05, 0) is 0 Å². The van der Waals surface area contributed by atoms with Crippen LogP contribution in [0.1, 0.15) is 0 Å². The maximum Gasteiger partial charge on any atom is 0.473 e. The highest BCUT2D eigenvalue weighted by Gasteiger charge is 2.23. The van der Waals surface area contributed by atoms with Crippen molar-refractivity contribution in [1.29, 1.82) is 0 Å². The van der Waals surface area contributed by atoms with E-state index in [2.05, 4.69) is 9.05 Å². The van der Waals surface area contributed by atoms with Crippen molar-refractivity contribution in [3.05, 3.63) is 0 Å². The summed E-state index contributed by atoms with van der Waals surface area (Å²) < 4.78 is 18.3. The van der Waals surface area contributed by atoms with Gasteiger partial charge < -0.3 is 15.1 Å².